The van der Waals surface area contributed by atoms with Crippen LogP contribution in [0.25, 0.3) is 0 Å². The average Bonchev–Trinajstić information content (AvgIpc) is 2.48. The van der Waals surface area contributed by atoms with Gasteiger partial charge in [-0.3, -0.25) is 10.1 Å². The minimum Gasteiger partial charge on any atom is -0.330 e. The first-order valence-corrected chi connectivity index (χ1v) is 7.63. The SMILES string of the molecule is Cc1ccc(Sc2ccc(CCCN)cc2[N+](=O)[O-])cc1. The summed E-state index contributed by atoms with van der Waals surface area (Å²) in [7, 11) is 0. The number of nitro groups is 1. The highest BCUT2D eigenvalue weighted by Crippen LogP contribution is 2.35. The first-order chi connectivity index (χ1) is 10.1. The molecule has 0 fully saturated rings. The lowest BCUT2D eigenvalue weighted by molar-refractivity contribution is -0.387. The van der Waals surface area contributed by atoms with E-state index in [9.17, 15) is 10.1 Å². The third-order valence-corrected chi connectivity index (χ3v) is 4.21. The van der Waals surface area contributed by atoms with Gasteiger partial charge in [0.1, 0.15) is 0 Å². The van der Waals surface area contributed by atoms with Crippen LogP contribution in [-0.2, 0) is 6.42 Å². The lowest BCUT2D eigenvalue weighted by atomic mass is 10.1. The Morgan fingerprint density at radius 1 is 1.19 bits per heavy atom. The molecule has 0 radical (unpaired) electrons. The first-order valence-electron chi connectivity index (χ1n) is 6.82. The normalized spacial score (nSPS) is 10.6. The lowest BCUT2D eigenvalue weighted by Crippen LogP contribution is -2.01. The van der Waals surface area contributed by atoms with Crippen molar-refractivity contribution < 1.29 is 4.92 Å². The average molecular weight is 302 g/mol. The van der Waals surface area contributed by atoms with Gasteiger partial charge in [0.25, 0.3) is 5.69 Å². The summed E-state index contributed by atoms with van der Waals surface area (Å²) in [5, 5.41) is 11.3. The van der Waals surface area contributed by atoms with Gasteiger partial charge in [0, 0.05) is 11.0 Å². The quantitative estimate of drug-likeness (QED) is 0.648. The topological polar surface area (TPSA) is 69.2 Å². The van der Waals surface area contributed by atoms with Gasteiger partial charge in [0.15, 0.2) is 0 Å². The van der Waals surface area contributed by atoms with E-state index in [1.165, 1.54) is 17.3 Å². The summed E-state index contributed by atoms with van der Waals surface area (Å²) in [6.07, 6.45) is 1.61. The number of nitro benzene ring substituents is 1. The van der Waals surface area contributed by atoms with E-state index in [4.69, 9.17) is 5.73 Å². The van der Waals surface area contributed by atoms with Crippen molar-refractivity contribution in [3.63, 3.8) is 0 Å². The fourth-order valence-electron chi connectivity index (χ4n) is 1.99. The Labute approximate surface area is 128 Å². The van der Waals surface area contributed by atoms with Crippen LogP contribution in [0.4, 0.5) is 5.69 Å². The van der Waals surface area contributed by atoms with Crippen molar-refractivity contribution in [1.82, 2.24) is 0 Å². The smallest absolute Gasteiger partial charge is 0.283 e. The second kappa shape index (κ2) is 7.24. The molecule has 0 heterocycles. The molecule has 110 valence electrons. The van der Waals surface area contributed by atoms with Gasteiger partial charge in [0.05, 0.1) is 9.82 Å². The van der Waals surface area contributed by atoms with Gasteiger partial charge in [-0.15, -0.1) is 0 Å². The van der Waals surface area contributed by atoms with Crippen molar-refractivity contribution in [1.29, 1.82) is 0 Å². The summed E-state index contributed by atoms with van der Waals surface area (Å²) in [4.78, 5) is 12.6. The van der Waals surface area contributed by atoms with Crippen LogP contribution in [0.2, 0.25) is 0 Å². The maximum absolute atomic E-state index is 11.3. The summed E-state index contributed by atoms with van der Waals surface area (Å²) >= 11 is 1.42. The molecule has 0 unspecified atom stereocenters. The number of hydrogen-bond donors (Lipinski definition) is 1. The molecular weight excluding hydrogens is 284 g/mol. The van der Waals surface area contributed by atoms with Crippen molar-refractivity contribution >= 4 is 17.4 Å². The van der Waals surface area contributed by atoms with Gasteiger partial charge in [-0.25, -0.2) is 0 Å². The minimum absolute atomic E-state index is 0.162. The van der Waals surface area contributed by atoms with E-state index in [-0.39, 0.29) is 10.6 Å². The van der Waals surface area contributed by atoms with Crippen LogP contribution >= 0.6 is 11.8 Å². The molecule has 0 saturated carbocycles. The van der Waals surface area contributed by atoms with Gasteiger partial charge in [0.2, 0.25) is 0 Å². The summed E-state index contributed by atoms with van der Waals surface area (Å²) in [5.74, 6) is 0. The van der Waals surface area contributed by atoms with E-state index < -0.39 is 0 Å². The van der Waals surface area contributed by atoms with Gasteiger partial charge in [-0.1, -0.05) is 35.5 Å². The summed E-state index contributed by atoms with van der Waals surface area (Å²) < 4.78 is 0. The van der Waals surface area contributed by atoms with E-state index in [1.807, 2.05) is 43.3 Å². The summed E-state index contributed by atoms with van der Waals surface area (Å²) in [6.45, 7) is 2.61. The molecule has 0 aliphatic carbocycles. The molecule has 21 heavy (non-hydrogen) atoms. The Morgan fingerprint density at radius 2 is 1.90 bits per heavy atom. The fraction of sp³-hybridized carbons (Fsp3) is 0.250. The Bertz CT molecular complexity index is 627. The summed E-state index contributed by atoms with van der Waals surface area (Å²) in [6, 6.07) is 13.4. The number of benzene rings is 2. The zero-order valence-corrected chi connectivity index (χ0v) is 12.7. The number of nitrogens with two attached hydrogens (primary N) is 1. The second-order valence-electron chi connectivity index (χ2n) is 4.87. The van der Waals surface area contributed by atoms with Crippen molar-refractivity contribution in [2.75, 3.05) is 6.54 Å². The van der Waals surface area contributed by atoms with E-state index in [0.717, 1.165) is 23.3 Å². The largest absolute Gasteiger partial charge is 0.330 e. The van der Waals surface area contributed by atoms with Gasteiger partial charge in [-0.2, -0.15) is 0 Å². The van der Waals surface area contributed by atoms with Gasteiger partial charge >= 0.3 is 0 Å². The van der Waals surface area contributed by atoms with Crippen LogP contribution in [0.3, 0.4) is 0 Å². The highest BCUT2D eigenvalue weighted by molar-refractivity contribution is 7.99. The highest BCUT2D eigenvalue weighted by Gasteiger charge is 2.15. The number of rotatable bonds is 6. The molecule has 2 aromatic rings. The maximum Gasteiger partial charge on any atom is 0.283 e. The standard InChI is InChI=1S/C16H18N2O2S/c1-12-4-7-14(8-5-12)21-16-9-6-13(3-2-10-17)11-15(16)18(19)20/h4-9,11H,2-3,10,17H2,1H3. The van der Waals surface area contributed by atoms with E-state index in [0.29, 0.717) is 11.4 Å². The third kappa shape index (κ3) is 4.31. The van der Waals surface area contributed by atoms with E-state index in [2.05, 4.69) is 0 Å². The van der Waals surface area contributed by atoms with Crippen LogP contribution in [0.1, 0.15) is 17.5 Å². The van der Waals surface area contributed by atoms with Crippen molar-refractivity contribution in [2.24, 2.45) is 5.73 Å². The molecule has 0 bridgehead atoms. The molecule has 0 aliphatic rings. The summed E-state index contributed by atoms with van der Waals surface area (Å²) in [5.41, 5.74) is 7.77. The van der Waals surface area contributed by atoms with E-state index >= 15 is 0 Å². The molecule has 5 heteroatoms. The fourth-order valence-corrected chi connectivity index (χ4v) is 2.89. The number of nitrogens with zero attached hydrogens (tertiary/aromatic N) is 1. The minimum atomic E-state index is -0.317. The molecule has 0 amide bonds. The molecule has 2 aromatic carbocycles. The van der Waals surface area contributed by atoms with Crippen LogP contribution in [0.15, 0.2) is 52.3 Å². The highest BCUT2D eigenvalue weighted by atomic mass is 32.2. The van der Waals surface area contributed by atoms with Crippen LogP contribution in [0.5, 0.6) is 0 Å². The molecule has 0 spiro atoms. The van der Waals surface area contributed by atoms with Gasteiger partial charge < -0.3 is 5.73 Å². The Kier molecular flexibility index (Phi) is 5.36. The van der Waals surface area contributed by atoms with Crippen LogP contribution in [-0.4, -0.2) is 11.5 Å². The Hall–Kier alpha value is -1.85. The Balaban J connectivity index is 2.25. The van der Waals surface area contributed by atoms with E-state index in [1.54, 1.807) is 6.07 Å². The first kappa shape index (κ1) is 15.5. The third-order valence-electron chi connectivity index (χ3n) is 3.14. The zero-order valence-electron chi connectivity index (χ0n) is 11.9. The van der Waals surface area contributed by atoms with Crippen molar-refractivity contribution in [3.8, 4) is 0 Å². The molecule has 0 aliphatic heterocycles. The van der Waals surface area contributed by atoms with Crippen molar-refractivity contribution in [3.05, 3.63) is 63.7 Å². The second-order valence-corrected chi connectivity index (χ2v) is 5.98. The van der Waals surface area contributed by atoms with Crippen LogP contribution < -0.4 is 5.73 Å². The predicted molar refractivity (Wildman–Crippen MR) is 85.8 cm³/mol. The predicted octanol–water partition coefficient (Wildman–Crippen LogP) is 3.95. The lowest BCUT2D eigenvalue weighted by Gasteiger charge is -2.06. The maximum atomic E-state index is 11.3. The molecular formula is C16H18N2O2S. The molecule has 0 atom stereocenters. The molecule has 2 rings (SSSR count). The zero-order chi connectivity index (χ0) is 15.2. The van der Waals surface area contributed by atoms with Gasteiger partial charge in [-0.05, 0) is 50.1 Å². The molecule has 4 nitrogen and oxygen atoms in total. The van der Waals surface area contributed by atoms with Crippen molar-refractivity contribution in [2.45, 2.75) is 29.6 Å². The molecule has 0 saturated heterocycles. The number of aryl methyl sites for hydroxylation is 2. The monoisotopic (exact) mass is 302 g/mol. The Morgan fingerprint density at radius 3 is 2.52 bits per heavy atom. The molecule has 2 N–H and O–H groups in total. The van der Waals surface area contributed by atoms with Crippen LogP contribution in [0, 0.1) is 17.0 Å². The number of hydrogen-bond acceptors (Lipinski definition) is 4. The molecule has 0 aromatic heterocycles.